The van der Waals surface area contributed by atoms with E-state index in [0.29, 0.717) is 17.1 Å². The Kier molecular flexibility index (Phi) is 5.49. The number of esters is 1. The molecule has 1 amide bonds. The summed E-state index contributed by atoms with van der Waals surface area (Å²) < 4.78 is 32.5. The number of nitrogens with one attached hydrogen (secondary N) is 2. The van der Waals surface area contributed by atoms with Crippen LogP contribution in [0.1, 0.15) is 24.2 Å². The summed E-state index contributed by atoms with van der Waals surface area (Å²) in [6, 6.07) is 10.2. The molecule has 0 aliphatic carbocycles. The van der Waals surface area contributed by atoms with Crippen molar-refractivity contribution in [2.75, 3.05) is 11.9 Å². The van der Waals surface area contributed by atoms with Gasteiger partial charge in [-0.05, 0) is 38.1 Å². The van der Waals surface area contributed by atoms with Crippen LogP contribution in [-0.4, -0.2) is 24.3 Å². The lowest BCUT2D eigenvalue weighted by Gasteiger charge is -2.13. The number of hydrogen-bond donors (Lipinski definition) is 2. The predicted octanol–water partition coefficient (Wildman–Crippen LogP) is 3.69. The summed E-state index contributed by atoms with van der Waals surface area (Å²) in [5, 5.41) is 5.46. The van der Waals surface area contributed by atoms with Gasteiger partial charge in [0.25, 0.3) is 5.91 Å². The molecule has 0 saturated carbocycles. The average molecular weight is 385 g/mol. The van der Waals surface area contributed by atoms with Crippen molar-refractivity contribution in [3.05, 3.63) is 70.9 Å². The highest BCUT2D eigenvalue weighted by molar-refractivity contribution is 6.25. The van der Waals surface area contributed by atoms with E-state index >= 15 is 0 Å². The summed E-state index contributed by atoms with van der Waals surface area (Å²) >= 11 is 0. The van der Waals surface area contributed by atoms with E-state index < -0.39 is 29.1 Å². The number of anilines is 1. The van der Waals surface area contributed by atoms with E-state index in [1.54, 1.807) is 38.1 Å². The third-order valence-electron chi connectivity index (χ3n) is 3.98. The van der Waals surface area contributed by atoms with Gasteiger partial charge in [-0.3, -0.25) is 4.79 Å². The van der Waals surface area contributed by atoms with Gasteiger partial charge in [0.2, 0.25) is 0 Å². The first-order valence-electron chi connectivity index (χ1n) is 8.50. The maximum atomic E-state index is 14.0. The highest BCUT2D eigenvalue weighted by Crippen LogP contribution is 2.30. The number of halogens is 2. The quantitative estimate of drug-likeness (QED) is 0.790. The smallest absolute Gasteiger partial charge is 0.343 e. The largest absolute Gasteiger partial charge is 0.462 e. The van der Waals surface area contributed by atoms with Crippen molar-refractivity contribution in [1.29, 1.82) is 0 Å². The number of allylic oxidation sites excluding steroid dienone is 1. The Bertz CT molecular complexity index is 1020. The Morgan fingerprint density at radius 1 is 1.14 bits per heavy atom. The van der Waals surface area contributed by atoms with Crippen molar-refractivity contribution in [2.24, 2.45) is 4.99 Å². The normalized spacial score (nSPS) is 13.1. The number of nitrogens with zero attached hydrogens (tertiary/aromatic N) is 1. The fourth-order valence-corrected chi connectivity index (χ4v) is 2.69. The summed E-state index contributed by atoms with van der Waals surface area (Å²) in [5.74, 6) is -4.21. The Morgan fingerprint density at radius 2 is 1.89 bits per heavy atom. The van der Waals surface area contributed by atoms with E-state index in [2.05, 4.69) is 15.6 Å². The van der Waals surface area contributed by atoms with Crippen LogP contribution in [0.15, 0.2) is 58.7 Å². The summed E-state index contributed by atoms with van der Waals surface area (Å²) in [4.78, 5) is 29.4. The molecule has 2 aromatic rings. The number of fused-ring (bicyclic) bond motifs is 1. The lowest BCUT2D eigenvalue weighted by Crippen LogP contribution is -2.36. The van der Waals surface area contributed by atoms with E-state index in [9.17, 15) is 18.4 Å². The van der Waals surface area contributed by atoms with Crippen molar-refractivity contribution in [3.63, 3.8) is 0 Å². The number of carbonyl (C=O) groups excluding carboxylic acids is 2. The first-order valence-corrected chi connectivity index (χ1v) is 8.50. The second-order valence-corrected chi connectivity index (χ2v) is 5.88. The molecule has 3 rings (SSSR count). The zero-order valence-electron chi connectivity index (χ0n) is 15.2. The lowest BCUT2D eigenvalue weighted by atomic mass is 10.1. The number of amides is 1. The molecule has 1 aliphatic rings. The highest BCUT2D eigenvalue weighted by Gasteiger charge is 2.27. The van der Waals surface area contributed by atoms with Crippen LogP contribution in [0, 0.1) is 11.6 Å². The minimum absolute atomic E-state index is 0.0109. The minimum Gasteiger partial charge on any atom is -0.462 e. The van der Waals surface area contributed by atoms with E-state index in [-0.39, 0.29) is 18.0 Å². The van der Waals surface area contributed by atoms with Crippen LogP contribution in [0.4, 0.5) is 20.2 Å². The molecule has 1 heterocycles. The first-order chi connectivity index (χ1) is 13.4. The number of benzene rings is 2. The predicted molar refractivity (Wildman–Crippen MR) is 100 cm³/mol. The highest BCUT2D eigenvalue weighted by atomic mass is 19.2. The first kappa shape index (κ1) is 19.2. The molecule has 0 aromatic heterocycles. The van der Waals surface area contributed by atoms with Gasteiger partial charge < -0.3 is 15.4 Å². The van der Waals surface area contributed by atoms with Crippen LogP contribution in [0.2, 0.25) is 0 Å². The molecule has 0 fully saturated rings. The second-order valence-electron chi connectivity index (χ2n) is 5.88. The maximum absolute atomic E-state index is 14.0. The number of hydrogen-bond acceptors (Lipinski definition) is 5. The molecule has 0 bridgehead atoms. The molecule has 8 heteroatoms. The van der Waals surface area contributed by atoms with Crippen LogP contribution in [-0.2, 0) is 9.53 Å². The van der Waals surface area contributed by atoms with Gasteiger partial charge >= 0.3 is 5.97 Å². The Morgan fingerprint density at radius 3 is 2.64 bits per heavy atom. The van der Waals surface area contributed by atoms with Gasteiger partial charge in [0.1, 0.15) is 11.4 Å². The molecule has 0 saturated heterocycles. The molecule has 1 aliphatic heterocycles. The van der Waals surface area contributed by atoms with Crippen LogP contribution in [0.3, 0.4) is 0 Å². The van der Waals surface area contributed by atoms with Crippen molar-refractivity contribution >= 4 is 29.1 Å². The van der Waals surface area contributed by atoms with Gasteiger partial charge in [0, 0.05) is 5.70 Å². The SMILES string of the molecule is CCOC(=O)C1=C(C)Nc2ccccc2N=C1NC(=O)c1cccc(F)c1F. The van der Waals surface area contributed by atoms with Crippen molar-refractivity contribution in [1.82, 2.24) is 5.32 Å². The van der Waals surface area contributed by atoms with Gasteiger partial charge in [-0.1, -0.05) is 18.2 Å². The number of aliphatic imine (C=N–C) groups is 1. The molecule has 28 heavy (non-hydrogen) atoms. The van der Waals surface area contributed by atoms with Crippen LogP contribution >= 0.6 is 0 Å². The van der Waals surface area contributed by atoms with Gasteiger partial charge in [0.15, 0.2) is 11.6 Å². The topological polar surface area (TPSA) is 79.8 Å². The second kappa shape index (κ2) is 7.99. The number of carbonyl (C=O) groups is 2. The average Bonchev–Trinajstić information content (AvgIpc) is 2.79. The molecule has 144 valence electrons. The Labute approximate surface area is 159 Å². The van der Waals surface area contributed by atoms with E-state index in [1.165, 1.54) is 6.07 Å². The number of ether oxygens (including phenoxy) is 1. The Hall–Kier alpha value is -3.55. The summed E-state index contributed by atoms with van der Waals surface area (Å²) in [6.07, 6.45) is 0. The van der Waals surface area contributed by atoms with Crippen molar-refractivity contribution < 1.29 is 23.1 Å². The fraction of sp³-hybridized carbons (Fsp3) is 0.150. The van der Waals surface area contributed by atoms with Gasteiger partial charge in [-0.2, -0.15) is 0 Å². The molecule has 0 radical (unpaired) electrons. The third-order valence-corrected chi connectivity index (χ3v) is 3.98. The summed E-state index contributed by atoms with van der Waals surface area (Å²) in [7, 11) is 0. The summed E-state index contributed by atoms with van der Waals surface area (Å²) in [6.45, 7) is 3.38. The van der Waals surface area contributed by atoms with E-state index in [0.717, 1.165) is 12.1 Å². The van der Waals surface area contributed by atoms with Gasteiger partial charge in [0.05, 0.1) is 23.5 Å². The maximum Gasteiger partial charge on any atom is 0.343 e. The molecule has 6 nitrogen and oxygen atoms in total. The molecule has 2 aromatic carbocycles. The molecule has 0 atom stereocenters. The minimum atomic E-state index is -1.29. The van der Waals surface area contributed by atoms with Crippen LogP contribution in [0.5, 0.6) is 0 Å². The van der Waals surface area contributed by atoms with Crippen LogP contribution < -0.4 is 10.6 Å². The molecular formula is C20H17F2N3O3. The monoisotopic (exact) mass is 385 g/mol. The van der Waals surface area contributed by atoms with E-state index in [1.807, 2.05) is 0 Å². The standard InChI is InChI=1S/C20H17F2N3O3/c1-3-28-20(27)16-11(2)23-14-9-4-5-10-15(14)24-18(16)25-19(26)12-7-6-8-13(21)17(12)22/h4-10,23H,3H2,1-2H3,(H,24,25,26). The van der Waals surface area contributed by atoms with Gasteiger partial charge in [-0.25, -0.2) is 18.6 Å². The third kappa shape index (κ3) is 3.75. The molecule has 2 N–H and O–H groups in total. The zero-order valence-corrected chi connectivity index (χ0v) is 15.2. The zero-order chi connectivity index (χ0) is 20.3. The van der Waals surface area contributed by atoms with Crippen LogP contribution in [0.25, 0.3) is 0 Å². The lowest BCUT2D eigenvalue weighted by molar-refractivity contribution is -0.137. The van der Waals surface area contributed by atoms with Crippen molar-refractivity contribution in [2.45, 2.75) is 13.8 Å². The molecular weight excluding hydrogens is 368 g/mol. The number of amidine groups is 1. The molecule has 0 spiro atoms. The van der Waals surface area contributed by atoms with Gasteiger partial charge in [-0.15, -0.1) is 0 Å². The molecule has 0 unspecified atom stereocenters. The van der Waals surface area contributed by atoms with Crippen molar-refractivity contribution in [3.8, 4) is 0 Å². The Balaban J connectivity index is 2.06. The fourth-order valence-electron chi connectivity index (χ4n) is 2.69. The number of rotatable bonds is 3. The van der Waals surface area contributed by atoms with E-state index in [4.69, 9.17) is 4.74 Å². The summed E-state index contributed by atoms with van der Waals surface area (Å²) in [5.41, 5.74) is 0.943. The number of para-hydroxylation sites is 2.